The molecular formula is C32H23N7O. The van der Waals surface area contributed by atoms with Crippen LogP contribution in [0.25, 0.3) is 55.6 Å². The predicted molar refractivity (Wildman–Crippen MR) is 156 cm³/mol. The lowest BCUT2D eigenvalue weighted by molar-refractivity contribution is -0.115. The molecule has 192 valence electrons. The van der Waals surface area contributed by atoms with Crippen molar-refractivity contribution in [1.82, 2.24) is 30.1 Å². The second kappa shape index (κ2) is 9.92. The van der Waals surface area contributed by atoms with Gasteiger partial charge in [-0.05, 0) is 41.5 Å². The van der Waals surface area contributed by atoms with Gasteiger partial charge in [0.25, 0.3) is 0 Å². The van der Waals surface area contributed by atoms with Crippen LogP contribution in [0.5, 0.6) is 0 Å². The van der Waals surface area contributed by atoms with Gasteiger partial charge in [0, 0.05) is 46.0 Å². The molecule has 2 aromatic carbocycles. The van der Waals surface area contributed by atoms with Crippen molar-refractivity contribution in [2.75, 3.05) is 5.32 Å². The normalized spacial score (nSPS) is 11.2. The molecule has 0 spiro atoms. The Balaban J connectivity index is 1.21. The Morgan fingerprint density at radius 3 is 2.55 bits per heavy atom. The summed E-state index contributed by atoms with van der Waals surface area (Å²) < 4.78 is 0. The van der Waals surface area contributed by atoms with Crippen LogP contribution in [0.4, 0.5) is 5.69 Å². The van der Waals surface area contributed by atoms with Gasteiger partial charge in [0.15, 0.2) is 0 Å². The molecule has 0 radical (unpaired) electrons. The van der Waals surface area contributed by atoms with Gasteiger partial charge >= 0.3 is 0 Å². The van der Waals surface area contributed by atoms with E-state index in [2.05, 4.69) is 59.7 Å². The number of fused-ring (bicyclic) bond motifs is 2. The summed E-state index contributed by atoms with van der Waals surface area (Å²) >= 11 is 0. The lowest BCUT2D eigenvalue weighted by Gasteiger charge is -2.07. The molecule has 40 heavy (non-hydrogen) atoms. The van der Waals surface area contributed by atoms with E-state index in [4.69, 9.17) is 0 Å². The van der Waals surface area contributed by atoms with Gasteiger partial charge in [-0.25, -0.2) is 0 Å². The molecule has 0 saturated carbocycles. The van der Waals surface area contributed by atoms with Crippen molar-refractivity contribution >= 4 is 33.4 Å². The average molecular weight is 522 g/mol. The number of anilines is 1. The molecule has 0 fully saturated rings. The number of aromatic nitrogens is 6. The number of hydrogen-bond donors (Lipinski definition) is 3. The molecule has 1 amide bonds. The van der Waals surface area contributed by atoms with Gasteiger partial charge in [0.2, 0.25) is 5.91 Å². The Labute approximate surface area is 229 Å². The van der Waals surface area contributed by atoms with Gasteiger partial charge in [-0.3, -0.25) is 24.8 Å². The molecule has 0 aliphatic rings. The van der Waals surface area contributed by atoms with Crippen LogP contribution >= 0.6 is 0 Å². The molecule has 7 rings (SSSR count). The van der Waals surface area contributed by atoms with Crippen LogP contribution in [0, 0.1) is 0 Å². The zero-order chi connectivity index (χ0) is 26.9. The standard InChI is InChI=1S/C32H23N7O/c40-31(12-20-6-2-1-3-7-20)36-23-13-22(17-34-18-23)28-15-26-30(19-35-28)38-39-32(26)29-14-25-24(9-4-10-27(25)37-29)21-8-5-11-33-16-21/h1-11,13-19,37H,12H2,(H,36,40)(H,38,39). The Bertz CT molecular complexity index is 1980. The summed E-state index contributed by atoms with van der Waals surface area (Å²) in [5.74, 6) is -0.102. The average Bonchev–Trinajstić information content (AvgIpc) is 3.62. The highest BCUT2D eigenvalue weighted by atomic mass is 16.1. The highest BCUT2D eigenvalue weighted by Crippen LogP contribution is 2.34. The van der Waals surface area contributed by atoms with Crippen LogP contribution in [-0.2, 0) is 11.2 Å². The van der Waals surface area contributed by atoms with Gasteiger partial charge in [-0.2, -0.15) is 5.10 Å². The van der Waals surface area contributed by atoms with Crippen molar-refractivity contribution in [3.63, 3.8) is 0 Å². The maximum absolute atomic E-state index is 12.6. The van der Waals surface area contributed by atoms with Crippen LogP contribution in [0.1, 0.15) is 5.56 Å². The molecule has 0 aliphatic carbocycles. The molecule has 8 heteroatoms. The van der Waals surface area contributed by atoms with Crippen molar-refractivity contribution in [3.8, 4) is 33.8 Å². The van der Waals surface area contributed by atoms with E-state index in [9.17, 15) is 4.79 Å². The van der Waals surface area contributed by atoms with Crippen molar-refractivity contribution < 1.29 is 4.79 Å². The lowest BCUT2D eigenvalue weighted by atomic mass is 10.0. The molecule has 0 aliphatic heterocycles. The summed E-state index contributed by atoms with van der Waals surface area (Å²) in [6, 6.07) is 25.8. The number of amides is 1. The summed E-state index contributed by atoms with van der Waals surface area (Å²) in [4.78, 5) is 29.4. The number of pyridine rings is 3. The van der Waals surface area contributed by atoms with Crippen molar-refractivity contribution in [2.24, 2.45) is 0 Å². The number of benzene rings is 2. The van der Waals surface area contributed by atoms with Crippen LogP contribution in [-0.4, -0.2) is 36.0 Å². The minimum absolute atomic E-state index is 0.102. The minimum atomic E-state index is -0.102. The van der Waals surface area contributed by atoms with Crippen molar-refractivity contribution in [1.29, 1.82) is 0 Å². The Morgan fingerprint density at radius 1 is 0.775 bits per heavy atom. The van der Waals surface area contributed by atoms with E-state index in [1.54, 1.807) is 24.8 Å². The van der Waals surface area contributed by atoms with E-state index in [1.165, 1.54) is 0 Å². The zero-order valence-corrected chi connectivity index (χ0v) is 21.3. The smallest absolute Gasteiger partial charge is 0.228 e. The van der Waals surface area contributed by atoms with Crippen molar-refractivity contribution in [2.45, 2.75) is 6.42 Å². The third kappa shape index (κ3) is 4.48. The third-order valence-corrected chi connectivity index (χ3v) is 6.86. The lowest BCUT2D eigenvalue weighted by Crippen LogP contribution is -2.14. The topological polar surface area (TPSA) is 112 Å². The fourth-order valence-corrected chi connectivity index (χ4v) is 4.97. The van der Waals surface area contributed by atoms with E-state index < -0.39 is 0 Å². The molecular weight excluding hydrogens is 498 g/mol. The zero-order valence-electron chi connectivity index (χ0n) is 21.3. The van der Waals surface area contributed by atoms with Crippen LogP contribution in [0.15, 0.2) is 110 Å². The number of rotatable bonds is 6. The fourth-order valence-electron chi connectivity index (χ4n) is 4.97. The second-order valence-electron chi connectivity index (χ2n) is 9.55. The quantitative estimate of drug-likeness (QED) is 0.234. The van der Waals surface area contributed by atoms with E-state index in [0.717, 1.165) is 61.1 Å². The SMILES string of the molecule is O=C(Cc1ccccc1)Nc1cncc(-c2cc3c(-c4cc5c(-c6cccnc6)cccc5[nH]4)n[nH]c3cn2)c1. The highest BCUT2D eigenvalue weighted by Gasteiger charge is 2.15. The highest BCUT2D eigenvalue weighted by molar-refractivity contribution is 6.01. The monoisotopic (exact) mass is 521 g/mol. The number of nitrogens with one attached hydrogen (secondary N) is 3. The summed E-state index contributed by atoms with van der Waals surface area (Å²) in [5, 5.41) is 12.7. The van der Waals surface area contributed by atoms with E-state index in [-0.39, 0.29) is 5.91 Å². The van der Waals surface area contributed by atoms with Crippen LogP contribution in [0.3, 0.4) is 0 Å². The molecule has 3 N–H and O–H groups in total. The molecule has 7 aromatic rings. The van der Waals surface area contributed by atoms with E-state index >= 15 is 0 Å². The molecule has 8 nitrogen and oxygen atoms in total. The first-order valence-corrected chi connectivity index (χ1v) is 12.9. The Kier molecular flexibility index (Phi) is 5.82. The molecule has 0 bridgehead atoms. The number of carbonyl (C=O) groups excluding carboxylic acids is 1. The Morgan fingerprint density at radius 2 is 1.68 bits per heavy atom. The van der Waals surface area contributed by atoms with E-state index in [0.29, 0.717) is 12.1 Å². The molecule has 0 atom stereocenters. The largest absolute Gasteiger partial charge is 0.353 e. The summed E-state index contributed by atoms with van der Waals surface area (Å²) in [6.45, 7) is 0. The van der Waals surface area contributed by atoms with Crippen molar-refractivity contribution in [3.05, 3.63) is 115 Å². The molecule has 5 aromatic heterocycles. The van der Waals surface area contributed by atoms with Crippen LogP contribution in [0.2, 0.25) is 0 Å². The second-order valence-corrected chi connectivity index (χ2v) is 9.55. The first-order chi connectivity index (χ1) is 19.7. The maximum Gasteiger partial charge on any atom is 0.228 e. The third-order valence-electron chi connectivity index (χ3n) is 6.86. The summed E-state index contributed by atoms with van der Waals surface area (Å²) in [7, 11) is 0. The minimum Gasteiger partial charge on any atom is -0.353 e. The van der Waals surface area contributed by atoms with Gasteiger partial charge in [-0.1, -0.05) is 48.5 Å². The van der Waals surface area contributed by atoms with Gasteiger partial charge in [0.1, 0.15) is 5.69 Å². The number of nitrogens with zero attached hydrogens (tertiary/aromatic N) is 4. The van der Waals surface area contributed by atoms with Gasteiger partial charge < -0.3 is 10.3 Å². The fraction of sp³-hybridized carbons (Fsp3) is 0.0312. The first kappa shape index (κ1) is 23.5. The number of carbonyl (C=O) groups is 1. The van der Waals surface area contributed by atoms with Gasteiger partial charge in [0.05, 0.1) is 41.4 Å². The molecule has 0 unspecified atom stereocenters. The number of hydrogen-bond acceptors (Lipinski definition) is 5. The molecule has 0 saturated heterocycles. The maximum atomic E-state index is 12.6. The summed E-state index contributed by atoms with van der Waals surface area (Å²) in [6.07, 6.45) is 9.09. The first-order valence-electron chi connectivity index (χ1n) is 12.9. The predicted octanol–water partition coefficient (Wildman–Crippen LogP) is 6.41. The van der Waals surface area contributed by atoms with Crippen LogP contribution < -0.4 is 5.32 Å². The Hall–Kier alpha value is -5.63. The van der Waals surface area contributed by atoms with E-state index in [1.807, 2.05) is 60.8 Å². The summed E-state index contributed by atoms with van der Waals surface area (Å²) in [5.41, 5.74) is 8.79. The number of aromatic amines is 2. The number of H-pyrrole nitrogens is 2. The van der Waals surface area contributed by atoms with Gasteiger partial charge in [-0.15, -0.1) is 0 Å². The molecule has 5 heterocycles.